The Labute approximate surface area is 165 Å². The second-order valence-electron chi connectivity index (χ2n) is 7.23. The molecule has 0 amide bonds. The van der Waals surface area contributed by atoms with Crippen LogP contribution in [0.1, 0.15) is 58.1 Å². The van der Waals surface area contributed by atoms with Crippen molar-refractivity contribution in [2.75, 3.05) is 13.2 Å². The SMILES string of the molecule is CCCCC(=O)OCc1ccc([C@@]2(COC(C)=O)CO2)c(OC(=O)C(C)C)c1. The smallest absolute Gasteiger partial charge is 0.313 e. The lowest BCUT2D eigenvalue weighted by Gasteiger charge is -2.18. The minimum atomic E-state index is -0.811. The van der Waals surface area contributed by atoms with Gasteiger partial charge in [0.15, 0.2) is 5.60 Å². The van der Waals surface area contributed by atoms with E-state index in [0.717, 1.165) is 12.8 Å². The van der Waals surface area contributed by atoms with Crippen molar-refractivity contribution in [3.63, 3.8) is 0 Å². The molecule has 7 nitrogen and oxygen atoms in total. The van der Waals surface area contributed by atoms with E-state index in [1.807, 2.05) is 6.92 Å². The van der Waals surface area contributed by atoms with Crippen LogP contribution in [0.2, 0.25) is 0 Å². The van der Waals surface area contributed by atoms with Crippen LogP contribution in [0.15, 0.2) is 18.2 Å². The highest BCUT2D eigenvalue weighted by Crippen LogP contribution is 2.44. The van der Waals surface area contributed by atoms with Crippen LogP contribution >= 0.6 is 0 Å². The van der Waals surface area contributed by atoms with Gasteiger partial charge in [-0.3, -0.25) is 14.4 Å². The van der Waals surface area contributed by atoms with Gasteiger partial charge in [-0.15, -0.1) is 0 Å². The molecule has 28 heavy (non-hydrogen) atoms. The summed E-state index contributed by atoms with van der Waals surface area (Å²) >= 11 is 0. The molecule has 0 spiro atoms. The van der Waals surface area contributed by atoms with Crippen LogP contribution in [0.3, 0.4) is 0 Å². The standard InChI is InChI=1S/C21H28O7/c1-5-6-7-19(23)25-11-16-8-9-17(18(10-16)28-20(24)14(2)3)21(13-27-21)12-26-15(4)22/h8-10,14H,5-7,11-13H2,1-4H3/t21-/m1/s1. The number of epoxide rings is 1. The van der Waals surface area contributed by atoms with E-state index in [1.54, 1.807) is 32.0 Å². The monoisotopic (exact) mass is 392 g/mol. The first-order valence-electron chi connectivity index (χ1n) is 9.55. The molecule has 1 aliphatic rings. The van der Waals surface area contributed by atoms with Crippen molar-refractivity contribution in [1.82, 2.24) is 0 Å². The Balaban J connectivity index is 2.19. The number of unbranched alkanes of at least 4 members (excludes halogenated alkanes) is 1. The number of hydrogen-bond acceptors (Lipinski definition) is 7. The van der Waals surface area contributed by atoms with Crippen LogP contribution in [0.5, 0.6) is 5.75 Å². The molecule has 7 heteroatoms. The molecule has 0 radical (unpaired) electrons. The van der Waals surface area contributed by atoms with Crippen LogP contribution in [0.4, 0.5) is 0 Å². The van der Waals surface area contributed by atoms with Crippen molar-refractivity contribution < 1.29 is 33.3 Å². The summed E-state index contributed by atoms with van der Waals surface area (Å²) in [6, 6.07) is 5.21. The predicted molar refractivity (Wildman–Crippen MR) is 100 cm³/mol. The molecule has 1 aromatic carbocycles. The molecule has 0 saturated carbocycles. The number of ether oxygens (including phenoxy) is 4. The Bertz CT molecular complexity index is 719. The maximum absolute atomic E-state index is 12.1. The largest absolute Gasteiger partial charge is 0.462 e. The zero-order chi connectivity index (χ0) is 20.7. The van der Waals surface area contributed by atoms with E-state index in [-0.39, 0.29) is 31.1 Å². The Morgan fingerprint density at radius 1 is 1.21 bits per heavy atom. The highest BCUT2D eigenvalue weighted by molar-refractivity contribution is 5.75. The van der Waals surface area contributed by atoms with E-state index in [1.165, 1.54) is 6.92 Å². The quantitative estimate of drug-likeness (QED) is 0.343. The first-order chi connectivity index (χ1) is 13.3. The van der Waals surface area contributed by atoms with Gasteiger partial charge < -0.3 is 18.9 Å². The van der Waals surface area contributed by atoms with E-state index in [2.05, 4.69) is 0 Å². The van der Waals surface area contributed by atoms with Crippen LogP contribution < -0.4 is 4.74 Å². The van der Waals surface area contributed by atoms with Crippen LogP contribution in [0, 0.1) is 5.92 Å². The fourth-order valence-electron chi connectivity index (χ4n) is 2.52. The van der Waals surface area contributed by atoms with Gasteiger partial charge in [-0.25, -0.2) is 0 Å². The van der Waals surface area contributed by atoms with Gasteiger partial charge >= 0.3 is 17.9 Å². The van der Waals surface area contributed by atoms with Gasteiger partial charge in [-0.1, -0.05) is 39.3 Å². The van der Waals surface area contributed by atoms with Crippen molar-refractivity contribution in [1.29, 1.82) is 0 Å². The van der Waals surface area contributed by atoms with Gasteiger partial charge in [0.05, 0.1) is 12.5 Å². The van der Waals surface area contributed by atoms with Crippen molar-refractivity contribution in [2.45, 2.75) is 59.2 Å². The summed E-state index contributed by atoms with van der Waals surface area (Å²) in [5, 5.41) is 0. The Morgan fingerprint density at radius 3 is 2.50 bits per heavy atom. The Hall–Kier alpha value is -2.41. The Kier molecular flexibility index (Phi) is 7.57. The zero-order valence-electron chi connectivity index (χ0n) is 16.9. The van der Waals surface area contributed by atoms with Gasteiger partial charge in [0.25, 0.3) is 0 Å². The normalized spacial score (nSPS) is 17.9. The minimum absolute atomic E-state index is 0.0416. The molecule has 1 saturated heterocycles. The van der Waals surface area contributed by atoms with Gasteiger partial charge in [0.2, 0.25) is 0 Å². The number of rotatable bonds is 10. The Morgan fingerprint density at radius 2 is 1.93 bits per heavy atom. The number of carbonyl (C=O) groups is 3. The lowest BCUT2D eigenvalue weighted by Crippen LogP contribution is -2.22. The minimum Gasteiger partial charge on any atom is -0.462 e. The molecule has 1 aliphatic heterocycles. The summed E-state index contributed by atoms with van der Waals surface area (Å²) in [6.07, 6.45) is 2.08. The molecular weight excluding hydrogens is 364 g/mol. The van der Waals surface area contributed by atoms with Crippen molar-refractivity contribution >= 4 is 17.9 Å². The summed E-state index contributed by atoms with van der Waals surface area (Å²) in [4.78, 5) is 35.0. The zero-order valence-corrected chi connectivity index (χ0v) is 16.9. The highest BCUT2D eigenvalue weighted by Gasteiger charge is 2.50. The van der Waals surface area contributed by atoms with Crippen LogP contribution in [-0.4, -0.2) is 31.1 Å². The molecule has 0 aliphatic carbocycles. The number of benzene rings is 1. The van der Waals surface area contributed by atoms with E-state index < -0.39 is 11.6 Å². The molecule has 0 bridgehead atoms. The molecule has 1 aromatic rings. The second kappa shape index (κ2) is 9.68. The number of carbonyl (C=O) groups excluding carboxylic acids is 3. The first kappa shape index (κ1) is 21.9. The van der Waals surface area contributed by atoms with E-state index in [0.29, 0.717) is 29.9 Å². The lowest BCUT2D eigenvalue weighted by atomic mass is 9.98. The van der Waals surface area contributed by atoms with Crippen molar-refractivity contribution in [3.05, 3.63) is 29.3 Å². The third-order valence-electron chi connectivity index (χ3n) is 4.35. The average molecular weight is 392 g/mol. The van der Waals surface area contributed by atoms with Gasteiger partial charge in [0.1, 0.15) is 19.0 Å². The molecule has 0 N–H and O–H groups in total. The topological polar surface area (TPSA) is 91.4 Å². The van der Waals surface area contributed by atoms with E-state index in [9.17, 15) is 14.4 Å². The highest BCUT2D eigenvalue weighted by atomic mass is 16.6. The molecule has 2 rings (SSSR count). The maximum atomic E-state index is 12.1. The summed E-state index contributed by atoms with van der Waals surface area (Å²) in [6.45, 7) is 7.30. The molecule has 0 aromatic heterocycles. The third kappa shape index (κ3) is 6.05. The molecule has 154 valence electrons. The number of esters is 3. The summed E-state index contributed by atoms with van der Waals surface area (Å²) in [5.74, 6) is -1.05. The van der Waals surface area contributed by atoms with Crippen LogP contribution in [-0.2, 0) is 40.8 Å². The molecular formula is C21H28O7. The maximum Gasteiger partial charge on any atom is 0.313 e. The third-order valence-corrected chi connectivity index (χ3v) is 4.35. The summed E-state index contributed by atoms with van der Waals surface area (Å²) in [7, 11) is 0. The second-order valence-corrected chi connectivity index (χ2v) is 7.23. The fraction of sp³-hybridized carbons (Fsp3) is 0.571. The van der Waals surface area contributed by atoms with E-state index in [4.69, 9.17) is 18.9 Å². The van der Waals surface area contributed by atoms with Crippen molar-refractivity contribution in [3.8, 4) is 5.75 Å². The summed E-state index contributed by atoms with van der Waals surface area (Å²) < 4.78 is 21.5. The van der Waals surface area contributed by atoms with Crippen molar-refractivity contribution in [2.24, 2.45) is 5.92 Å². The number of hydrogen-bond donors (Lipinski definition) is 0. The first-order valence-corrected chi connectivity index (χ1v) is 9.55. The van der Waals surface area contributed by atoms with Crippen LogP contribution in [0.25, 0.3) is 0 Å². The average Bonchev–Trinajstić information content (AvgIpc) is 3.44. The summed E-state index contributed by atoms with van der Waals surface area (Å²) in [5.41, 5.74) is 0.515. The molecule has 1 atom stereocenters. The predicted octanol–water partition coefficient (Wildman–Crippen LogP) is 3.27. The lowest BCUT2D eigenvalue weighted by molar-refractivity contribution is -0.145. The van der Waals surface area contributed by atoms with Gasteiger partial charge in [-0.2, -0.15) is 0 Å². The molecule has 1 fully saturated rings. The van der Waals surface area contributed by atoms with Gasteiger partial charge in [-0.05, 0) is 18.1 Å². The van der Waals surface area contributed by atoms with Gasteiger partial charge in [0, 0.05) is 18.9 Å². The molecule has 1 heterocycles. The van der Waals surface area contributed by atoms with E-state index >= 15 is 0 Å². The fourth-order valence-corrected chi connectivity index (χ4v) is 2.52. The molecule has 0 unspecified atom stereocenters.